The summed E-state index contributed by atoms with van der Waals surface area (Å²) >= 11 is 0.885. The Bertz CT molecular complexity index is 965. The molecule has 1 amide bonds. The number of amides is 1. The minimum Gasteiger partial charge on any atom is -0.295 e. The van der Waals surface area contributed by atoms with E-state index in [2.05, 4.69) is 30.4 Å². The average molecular weight is 365 g/mol. The second-order valence-electron chi connectivity index (χ2n) is 4.50. The summed E-state index contributed by atoms with van der Waals surface area (Å²) in [5.41, 5.74) is 0.110. The number of nitrogens with one attached hydrogen (secondary N) is 2. The number of nitrogens with zero attached hydrogens (tertiary/aromatic N) is 5. The van der Waals surface area contributed by atoms with Crippen molar-refractivity contribution in [1.82, 2.24) is 25.2 Å². The first-order valence-corrected chi connectivity index (χ1v) is 8.83. The highest BCUT2D eigenvalue weighted by Gasteiger charge is 2.18. The molecule has 10 nitrogen and oxygen atoms in total. The van der Waals surface area contributed by atoms with Crippen LogP contribution in [0.4, 0.5) is 10.3 Å². The maximum atomic E-state index is 12.2. The minimum atomic E-state index is -3.76. The van der Waals surface area contributed by atoms with Gasteiger partial charge in [0.1, 0.15) is 0 Å². The molecule has 124 valence electrons. The number of sulfonamides is 1. The maximum absolute atomic E-state index is 12.2. The Morgan fingerprint density at radius 2 is 1.88 bits per heavy atom. The summed E-state index contributed by atoms with van der Waals surface area (Å²) < 4.78 is 26.7. The number of rotatable bonds is 5. The average Bonchev–Trinajstić information content (AvgIpc) is 3.17. The van der Waals surface area contributed by atoms with Crippen LogP contribution in [0.25, 0.3) is 0 Å². The highest BCUT2D eigenvalue weighted by molar-refractivity contribution is 7.93. The first-order valence-electron chi connectivity index (χ1n) is 6.53. The van der Waals surface area contributed by atoms with E-state index in [1.165, 1.54) is 23.1 Å². The standard InChI is InChI=1S/C12H11N7O3S2/c1-19-13-7-9(17-19)10(20)14-11-15-16-12(23-11)18-24(21,22)8-5-3-2-4-6-8/h2-7H,1H3,(H,16,18)(H,14,15,20). The monoisotopic (exact) mass is 365 g/mol. The van der Waals surface area contributed by atoms with Crippen LogP contribution in [-0.2, 0) is 17.1 Å². The topological polar surface area (TPSA) is 132 Å². The Kier molecular flexibility index (Phi) is 4.22. The minimum absolute atomic E-state index is 0.0355. The van der Waals surface area contributed by atoms with Crippen molar-refractivity contribution in [1.29, 1.82) is 0 Å². The van der Waals surface area contributed by atoms with Crippen LogP contribution in [0, 0.1) is 0 Å². The van der Waals surface area contributed by atoms with Gasteiger partial charge in [0, 0.05) is 7.05 Å². The van der Waals surface area contributed by atoms with E-state index >= 15 is 0 Å². The van der Waals surface area contributed by atoms with Gasteiger partial charge in [0.15, 0.2) is 5.69 Å². The zero-order chi connectivity index (χ0) is 17.2. The van der Waals surface area contributed by atoms with Crippen molar-refractivity contribution in [3.63, 3.8) is 0 Å². The van der Waals surface area contributed by atoms with Crippen LogP contribution in [0.15, 0.2) is 41.4 Å². The number of benzene rings is 1. The molecule has 0 bridgehead atoms. The third kappa shape index (κ3) is 3.55. The van der Waals surface area contributed by atoms with Crippen molar-refractivity contribution in [2.75, 3.05) is 10.0 Å². The van der Waals surface area contributed by atoms with Gasteiger partial charge < -0.3 is 0 Å². The van der Waals surface area contributed by atoms with Crippen LogP contribution in [0.1, 0.15) is 10.5 Å². The largest absolute Gasteiger partial charge is 0.295 e. The van der Waals surface area contributed by atoms with Gasteiger partial charge in [-0.2, -0.15) is 9.90 Å². The number of hydrogen-bond donors (Lipinski definition) is 2. The van der Waals surface area contributed by atoms with E-state index in [-0.39, 0.29) is 20.9 Å². The van der Waals surface area contributed by atoms with Gasteiger partial charge in [-0.05, 0) is 12.1 Å². The second kappa shape index (κ2) is 6.33. The molecule has 0 fully saturated rings. The summed E-state index contributed by atoms with van der Waals surface area (Å²) in [5, 5.41) is 17.7. The molecule has 0 atom stereocenters. The number of anilines is 2. The van der Waals surface area contributed by atoms with Crippen LogP contribution in [0.3, 0.4) is 0 Å². The molecular weight excluding hydrogens is 354 g/mol. The van der Waals surface area contributed by atoms with Crippen LogP contribution < -0.4 is 10.0 Å². The molecule has 2 heterocycles. The summed E-state index contributed by atoms with van der Waals surface area (Å²) in [6, 6.07) is 7.85. The van der Waals surface area contributed by atoms with Gasteiger partial charge in [-0.15, -0.1) is 15.3 Å². The van der Waals surface area contributed by atoms with E-state index in [1.54, 1.807) is 25.2 Å². The lowest BCUT2D eigenvalue weighted by Gasteiger charge is -2.03. The van der Waals surface area contributed by atoms with Gasteiger partial charge in [0.05, 0.1) is 11.1 Å². The van der Waals surface area contributed by atoms with Gasteiger partial charge in [-0.3, -0.25) is 14.8 Å². The van der Waals surface area contributed by atoms with Crippen molar-refractivity contribution in [2.45, 2.75) is 4.90 Å². The smallest absolute Gasteiger partial charge is 0.279 e. The lowest BCUT2D eigenvalue weighted by Crippen LogP contribution is -2.12. The van der Waals surface area contributed by atoms with Crippen molar-refractivity contribution in [3.8, 4) is 0 Å². The molecule has 0 unspecified atom stereocenters. The molecule has 2 aromatic heterocycles. The molecule has 0 saturated carbocycles. The van der Waals surface area contributed by atoms with E-state index < -0.39 is 15.9 Å². The Morgan fingerprint density at radius 3 is 2.54 bits per heavy atom. The molecule has 0 aliphatic heterocycles. The van der Waals surface area contributed by atoms with E-state index in [4.69, 9.17) is 0 Å². The number of aryl methyl sites for hydroxylation is 1. The SMILES string of the molecule is Cn1ncc(C(=O)Nc2nnc(NS(=O)(=O)c3ccccc3)s2)n1. The molecule has 0 aliphatic rings. The Labute approximate surface area is 140 Å². The normalized spacial score (nSPS) is 11.2. The maximum Gasteiger partial charge on any atom is 0.279 e. The third-order valence-corrected chi connectivity index (χ3v) is 4.99. The molecule has 0 aliphatic carbocycles. The fourth-order valence-electron chi connectivity index (χ4n) is 1.70. The number of hydrogen-bond acceptors (Lipinski definition) is 8. The zero-order valence-corrected chi connectivity index (χ0v) is 13.9. The number of carbonyl (C=O) groups is 1. The highest BCUT2D eigenvalue weighted by Crippen LogP contribution is 2.23. The molecular formula is C12H11N7O3S2. The predicted octanol–water partition coefficient (Wildman–Crippen LogP) is 0.720. The van der Waals surface area contributed by atoms with Gasteiger partial charge in [0.25, 0.3) is 15.9 Å². The lowest BCUT2D eigenvalue weighted by atomic mass is 10.4. The molecule has 0 radical (unpaired) electrons. The van der Waals surface area contributed by atoms with Gasteiger partial charge in [-0.25, -0.2) is 8.42 Å². The van der Waals surface area contributed by atoms with Gasteiger partial charge in [-0.1, -0.05) is 29.5 Å². The van der Waals surface area contributed by atoms with E-state index in [9.17, 15) is 13.2 Å². The molecule has 12 heteroatoms. The second-order valence-corrected chi connectivity index (χ2v) is 7.16. The first-order chi connectivity index (χ1) is 11.4. The van der Waals surface area contributed by atoms with Crippen LogP contribution in [-0.4, -0.2) is 39.5 Å². The zero-order valence-electron chi connectivity index (χ0n) is 12.2. The van der Waals surface area contributed by atoms with Gasteiger partial charge >= 0.3 is 0 Å². The molecule has 24 heavy (non-hydrogen) atoms. The van der Waals surface area contributed by atoms with Crippen molar-refractivity contribution >= 4 is 37.5 Å². The van der Waals surface area contributed by atoms with Crippen LogP contribution in [0.2, 0.25) is 0 Å². The van der Waals surface area contributed by atoms with Crippen LogP contribution in [0.5, 0.6) is 0 Å². The summed E-state index contributed by atoms with van der Waals surface area (Å²) in [4.78, 5) is 13.3. The highest BCUT2D eigenvalue weighted by atomic mass is 32.2. The van der Waals surface area contributed by atoms with Crippen molar-refractivity contribution < 1.29 is 13.2 Å². The molecule has 0 spiro atoms. The Hall–Kier alpha value is -2.86. The summed E-state index contributed by atoms with van der Waals surface area (Å²) in [5.74, 6) is -0.517. The van der Waals surface area contributed by atoms with Crippen LogP contribution >= 0.6 is 11.3 Å². The van der Waals surface area contributed by atoms with Crippen molar-refractivity contribution in [2.24, 2.45) is 7.05 Å². The Balaban J connectivity index is 1.71. The third-order valence-electron chi connectivity index (χ3n) is 2.75. The van der Waals surface area contributed by atoms with Gasteiger partial charge in [0.2, 0.25) is 10.3 Å². The fourth-order valence-corrected chi connectivity index (χ4v) is 3.59. The number of carbonyl (C=O) groups excluding carboxylic acids is 1. The van der Waals surface area contributed by atoms with E-state index in [0.717, 1.165) is 11.3 Å². The molecule has 3 rings (SSSR count). The summed E-state index contributed by atoms with van der Waals surface area (Å²) in [6.45, 7) is 0. The summed E-state index contributed by atoms with van der Waals surface area (Å²) in [6.07, 6.45) is 1.30. The fraction of sp³-hybridized carbons (Fsp3) is 0.0833. The summed E-state index contributed by atoms with van der Waals surface area (Å²) in [7, 11) is -2.18. The number of aromatic nitrogens is 5. The quantitative estimate of drug-likeness (QED) is 0.681. The van der Waals surface area contributed by atoms with E-state index in [1.807, 2.05) is 0 Å². The Morgan fingerprint density at radius 1 is 1.17 bits per heavy atom. The predicted molar refractivity (Wildman–Crippen MR) is 86.1 cm³/mol. The molecule has 3 aromatic rings. The lowest BCUT2D eigenvalue weighted by molar-refractivity contribution is 0.102. The molecule has 2 N–H and O–H groups in total. The van der Waals surface area contributed by atoms with Crippen molar-refractivity contribution in [3.05, 3.63) is 42.2 Å². The molecule has 1 aromatic carbocycles. The first kappa shape index (κ1) is 16.0. The molecule has 0 saturated heterocycles. The van der Waals surface area contributed by atoms with E-state index in [0.29, 0.717) is 0 Å².